The van der Waals surface area contributed by atoms with Gasteiger partial charge in [-0.2, -0.15) is 11.8 Å². The molecule has 1 aliphatic rings. The van der Waals surface area contributed by atoms with Crippen molar-refractivity contribution in [3.8, 4) is 0 Å². The lowest BCUT2D eigenvalue weighted by atomic mass is 10.3. The van der Waals surface area contributed by atoms with E-state index in [0.717, 1.165) is 32.5 Å². The molecule has 0 bridgehead atoms. The summed E-state index contributed by atoms with van der Waals surface area (Å²) >= 11 is 2.03. The molecule has 1 aliphatic heterocycles. The molecule has 2 N–H and O–H groups in total. The SMILES string of the molecule is CCCCOCCOCC(O)CNCCN1CCSCC1. The highest BCUT2D eigenvalue weighted by molar-refractivity contribution is 7.99. The fraction of sp³-hybridized carbons (Fsp3) is 1.00. The number of nitrogens with zero attached hydrogens (tertiary/aromatic N) is 1. The molecule has 1 saturated heterocycles. The van der Waals surface area contributed by atoms with Crippen LogP contribution >= 0.6 is 11.8 Å². The lowest BCUT2D eigenvalue weighted by molar-refractivity contribution is 0.00387. The van der Waals surface area contributed by atoms with Gasteiger partial charge < -0.3 is 24.8 Å². The van der Waals surface area contributed by atoms with E-state index in [0.29, 0.717) is 26.4 Å². The maximum atomic E-state index is 9.78. The molecule has 0 aromatic carbocycles. The number of unbranched alkanes of at least 4 members (excludes halogenated alkanes) is 1. The summed E-state index contributed by atoms with van der Waals surface area (Å²) in [5, 5.41) is 13.1. The van der Waals surface area contributed by atoms with Crippen LogP contribution in [0, 0.1) is 0 Å². The summed E-state index contributed by atoms with van der Waals surface area (Å²) in [5.74, 6) is 2.49. The minimum atomic E-state index is -0.433. The van der Waals surface area contributed by atoms with E-state index in [4.69, 9.17) is 9.47 Å². The molecule has 0 spiro atoms. The lowest BCUT2D eigenvalue weighted by Crippen LogP contribution is -2.40. The van der Waals surface area contributed by atoms with Crippen LogP contribution in [0.2, 0.25) is 0 Å². The summed E-state index contributed by atoms with van der Waals surface area (Å²) in [6.07, 6.45) is 1.82. The molecule has 0 amide bonds. The molecular formula is C15H32N2O3S. The molecule has 21 heavy (non-hydrogen) atoms. The number of aliphatic hydroxyl groups is 1. The van der Waals surface area contributed by atoms with E-state index in [-0.39, 0.29) is 0 Å². The van der Waals surface area contributed by atoms with Crippen molar-refractivity contribution in [2.24, 2.45) is 0 Å². The van der Waals surface area contributed by atoms with Crippen molar-refractivity contribution >= 4 is 11.8 Å². The maximum Gasteiger partial charge on any atom is 0.0897 e. The molecule has 1 fully saturated rings. The van der Waals surface area contributed by atoms with E-state index >= 15 is 0 Å². The van der Waals surface area contributed by atoms with Gasteiger partial charge in [-0.1, -0.05) is 13.3 Å². The largest absolute Gasteiger partial charge is 0.389 e. The molecule has 0 aromatic heterocycles. The predicted molar refractivity (Wildman–Crippen MR) is 89.2 cm³/mol. The molecule has 0 radical (unpaired) electrons. The molecular weight excluding hydrogens is 288 g/mol. The number of ether oxygens (including phenoxy) is 2. The molecule has 6 heteroatoms. The summed E-state index contributed by atoms with van der Waals surface area (Å²) in [4.78, 5) is 2.47. The Hall–Kier alpha value is 0.150. The Balaban J connectivity index is 1.81. The maximum absolute atomic E-state index is 9.78. The van der Waals surface area contributed by atoms with Crippen LogP contribution in [-0.4, -0.2) is 86.8 Å². The summed E-state index contributed by atoms with van der Waals surface area (Å²) in [5.41, 5.74) is 0. The van der Waals surface area contributed by atoms with Gasteiger partial charge in [0.15, 0.2) is 0 Å². The first-order valence-corrected chi connectivity index (χ1v) is 9.32. The number of thioether (sulfide) groups is 1. The van der Waals surface area contributed by atoms with Gasteiger partial charge in [-0.15, -0.1) is 0 Å². The van der Waals surface area contributed by atoms with Crippen molar-refractivity contribution in [2.75, 3.05) is 70.7 Å². The Morgan fingerprint density at radius 2 is 1.95 bits per heavy atom. The van der Waals surface area contributed by atoms with Gasteiger partial charge in [-0.05, 0) is 6.42 Å². The number of aliphatic hydroxyl groups excluding tert-OH is 1. The minimum Gasteiger partial charge on any atom is -0.389 e. The Kier molecular flexibility index (Phi) is 12.6. The molecule has 0 aliphatic carbocycles. The van der Waals surface area contributed by atoms with Crippen LogP contribution in [0.25, 0.3) is 0 Å². The monoisotopic (exact) mass is 320 g/mol. The number of hydrogen-bond acceptors (Lipinski definition) is 6. The van der Waals surface area contributed by atoms with Crippen LogP contribution in [-0.2, 0) is 9.47 Å². The fourth-order valence-electron chi connectivity index (χ4n) is 2.08. The first-order valence-electron chi connectivity index (χ1n) is 8.17. The van der Waals surface area contributed by atoms with Crippen LogP contribution in [0.5, 0.6) is 0 Å². The van der Waals surface area contributed by atoms with E-state index in [9.17, 15) is 5.11 Å². The lowest BCUT2D eigenvalue weighted by Gasteiger charge is -2.26. The van der Waals surface area contributed by atoms with Crippen molar-refractivity contribution in [3.05, 3.63) is 0 Å². The van der Waals surface area contributed by atoms with E-state index in [1.54, 1.807) is 0 Å². The zero-order valence-corrected chi connectivity index (χ0v) is 14.2. The van der Waals surface area contributed by atoms with Crippen LogP contribution in [0.4, 0.5) is 0 Å². The van der Waals surface area contributed by atoms with Crippen LogP contribution in [0.15, 0.2) is 0 Å². The topological polar surface area (TPSA) is 54.0 Å². The van der Waals surface area contributed by atoms with E-state index in [1.165, 1.54) is 24.6 Å². The Morgan fingerprint density at radius 3 is 2.71 bits per heavy atom. The van der Waals surface area contributed by atoms with E-state index < -0.39 is 6.10 Å². The molecule has 5 nitrogen and oxygen atoms in total. The summed E-state index contributed by atoms with van der Waals surface area (Å²) in [7, 11) is 0. The standard InChI is InChI=1S/C15H32N2O3S/c1-2-3-8-19-9-10-20-14-15(18)13-16-4-5-17-6-11-21-12-7-17/h15-16,18H,2-14H2,1H3. The first-order chi connectivity index (χ1) is 10.3. The summed E-state index contributed by atoms with van der Waals surface area (Å²) in [6, 6.07) is 0. The smallest absolute Gasteiger partial charge is 0.0897 e. The number of rotatable bonds is 13. The van der Waals surface area contributed by atoms with Gasteiger partial charge in [0.25, 0.3) is 0 Å². The zero-order valence-electron chi connectivity index (χ0n) is 13.4. The third-order valence-electron chi connectivity index (χ3n) is 3.41. The molecule has 1 unspecified atom stereocenters. The second-order valence-electron chi connectivity index (χ2n) is 5.35. The van der Waals surface area contributed by atoms with Crippen LogP contribution in [0.3, 0.4) is 0 Å². The van der Waals surface area contributed by atoms with Crippen molar-refractivity contribution in [1.29, 1.82) is 0 Å². The average molecular weight is 320 g/mol. The highest BCUT2D eigenvalue weighted by Crippen LogP contribution is 2.07. The highest BCUT2D eigenvalue weighted by atomic mass is 32.2. The van der Waals surface area contributed by atoms with Gasteiger partial charge in [-0.3, -0.25) is 0 Å². The van der Waals surface area contributed by atoms with Crippen molar-refractivity contribution in [2.45, 2.75) is 25.9 Å². The second-order valence-corrected chi connectivity index (χ2v) is 6.58. The predicted octanol–water partition coefficient (Wildman–Crippen LogP) is 0.819. The quantitative estimate of drug-likeness (QED) is 0.490. The molecule has 0 saturated carbocycles. The van der Waals surface area contributed by atoms with Gasteiger partial charge in [0.05, 0.1) is 25.9 Å². The number of nitrogens with one attached hydrogen (secondary N) is 1. The molecule has 1 heterocycles. The van der Waals surface area contributed by atoms with Crippen molar-refractivity contribution in [3.63, 3.8) is 0 Å². The second kappa shape index (κ2) is 13.8. The van der Waals surface area contributed by atoms with E-state index in [1.807, 2.05) is 11.8 Å². The normalized spacial score (nSPS) is 18.0. The van der Waals surface area contributed by atoms with Gasteiger partial charge in [0, 0.05) is 50.8 Å². The fourth-order valence-corrected chi connectivity index (χ4v) is 3.05. The van der Waals surface area contributed by atoms with E-state index in [2.05, 4.69) is 17.1 Å². The Morgan fingerprint density at radius 1 is 1.19 bits per heavy atom. The third kappa shape index (κ3) is 11.4. The van der Waals surface area contributed by atoms with Gasteiger partial charge in [0.2, 0.25) is 0 Å². The molecule has 126 valence electrons. The van der Waals surface area contributed by atoms with Gasteiger partial charge in [0.1, 0.15) is 0 Å². The van der Waals surface area contributed by atoms with Gasteiger partial charge in [-0.25, -0.2) is 0 Å². The Bertz CT molecular complexity index is 229. The zero-order chi connectivity index (χ0) is 15.2. The molecule has 1 rings (SSSR count). The minimum absolute atomic E-state index is 0.379. The third-order valence-corrected chi connectivity index (χ3v) is 4.36. The molecule has 0 aromatic rings. The van der Waals surface area contributed by atoms with Gasteiger partial charge >= 0.3 is 0 Å². The van der Waals surface area contributed by atoms with Crippen LogP contribution in [0.1, 0.15) is 19.8 Å². The highest BCUT2D eigenvalue weighted by Gasteiger charge is 2.09. The van der Waals surface area contributed by atoms with Crippen molar-refractivity contribution in [1.82, 2.24) is 10.2 Å². The summed E-state index contributed by atoms with van der Waals surface area (Å²) in [6.45, 7) is 9.49. The Labute approximate surface area is 133 Å². The number of hydrogen-bond donors (Lipinski definition) is 2. The average Bonchev–Trinajstić information content (AvgIpc) is 2.52. The van der Waals surface area contributed by atoms with Crippen molar-refractivity contribution < 1.29 is 14.6 Å². The molecule has 1 atom stereocenters. The first kappa shape index (κ1) is 19.2. The summed E-state index contributed by atoms with van der Waals surface area (Å²) < 4.78 is 10.8. The van der Waals surface area contributed by atoms with Crippen LogP contribution < -0.4 is 5.32 Å².